The number of anilines is 2. The van der Waals surface area contributed by atoms with Crippen molar-refractivity contribution in [2.45, 2.75) is 0 Å². The van der Waals surface area contributed by atoms with E-state index in [1.54, 1.807) is 0 Å². The van der Waals surface area contributed by atoms with Crippen LogP contribution in [-0.4, -0.2) is 21.1 Å². The predicted octanol–water partition coefficient (Wildman–Crippen LogP) is 2.81. The molecule has 0 bridgehead atoms. The summed E-state index contributed by atoms with van der Waals surface area (Å²) in [6, 6.07) is 8.35. The number of carbonyl (C=O) groups is 1. The molecule has 7 heteroatoms. The Morgan fingerprint density at radius 2 is 1.63 bits per heavy atom. The summed E-state index contributed by atoms with van der Waals surface area (Å²) in [6.45, 7) is 0. The molecule has 2 aromatic rings. The molecule has 1 heterocycles. The van der Waals surface area contributed by atoms with Gasteiger partial charge in [-0.25, -0.2) is 9.69 Å². The molecular weight excluding hydrogens is 250 g/mol. The van der Waals surface area contributed by atoms with Gasteiger partial charge in [0, 0.05) is 24.5 Å². The molecule has 0 aliphatic carbocycles. The van der Waals surface area contributed by atoms with E-state index >= 15 is 0 Å². The van der Waals surface area contributed by atoms with Crippen LogP contribution in [0.15, 0.2) is 48.8 Å². The van der Waals surface area contributed by atoms with E-state index in [-0.39, 0.29) is 5.69 Å². The Morgan fingerprint density at radius 3 is 2.11 bits per heavy atom. The maximum absolute atomic E-state index is 11.3. The lowest BCUT2D eigenvalue weighted by Crippen LogP contribution is -2.23. The summed E-state index contributed by atoms with van der Waals surface area (Å²) in [6.07, 6.45) is 1.76. The van der Waals surface area contributed by atoms with Gasteiger partial charge in [0.25, 0.3) is 5.69 Å². The topological polar surface area (TPSA) is 96.6 Å². The second-order valence-electron chi connectivity index (χ2n) is 3.60. The summed E-state index contributed by atoms with van der Waals surface area (Å²) in [7, 11) is 0. The first-order valence-electron chi connectivity index (χ1n) is 5.27. The monoisotopic (exact) mass is 259 g/mol. The highest BCUT2D eigenvalue weighted by atomic mass is 16.6. The Hall–Kier alpha value is -2.96. The second kappa shape index (κ2) is 5.13. The number of aromatic nitrogens is 1. The summed E-state index contributed by atoms with van der Waals surface area (Å²) < 4.78 is 0. The van der Waals surface area contributed by atoms with E-state index in [9.17, 15) is 20.0 Å². The van der Waals surface area contributed by atoms with Crippen LogP contribution in [0.25, 0.3) is 0 Å². The van der Waals surface area contributed by atoms with Crippen LogP contribution in [0, 0.1) is 10.1 Å². The van der Waals surface area contributed by atoms with Gasteiger partial charge in [0.15, 0.2) is 0 Å². The van der Waals surface area contributed by atoms with E-state index in [0.29, 0.717) is 11.4 Å². The minimum Gasteiger partial charge on any atom is -0.464 e. The number of nitro groups is 1. The van der Waals surface area contributed by atoms with Crippen molar-refractivity contribution in [2.24, 2.45) is 0 Å². The molecule has 2 rings (SSSR count). The van der Waals surface area contributed by atoms with E-state index in [2.05, 4.69) is 4.98 Å². The first kappa shape index (κ1) is 12.5. The zero-order valence-electron chi connectivity index (χ0n) is 9.63. The average Bonchev–Trinajstić information content (AvgIpc) is 2.40. The molecule has 7 nitrogen and oxygen atoms in total. The molecule has 1 aromatic carbocycles. The van der Waals surface area contributed by atoms with Crippen molar-refractivity contribution < 1.29 is 14.8 Å². The molecule has 0 aliphatic heterocycles. The molecule has 19 heavy (non-hydrogen) atoms. The molecule has 0 radical (unpaired) electrons. The van der Waals surface area contributed by atoms with Crippen molar-refractivity contribution in [2.75, 3.05) is 4.90 Å². The first-order valence-corrected chi connectivity index (χ1v) is 5.27. The van der Waals surface area contributed by atoms with Crippen LogP contribution in [-0.2, 0) is 0 Å². The van der Waals surface area contributed by atoms with Gasteiger partial charge in [-0.1, -0.05) is 0 Å². The van der Waals surface area contributed by atoms with Crippen LogP contribution >= 0.6 is 0 Å². The van der Waals surface area contributed by atoms with Gasteiger partial charge in [-0.15, -0.1) is 0 Å². The summed E-state index contributed by atoms with van der Waals surface area (Å²) in [5.74, 6) is 0. The van der Waals surface area contributed by atoms with Gasteiger partial charge in [0.2, 0.25) is 0 Å². The van der Waals surface area contributed by atoms with Crippen LogP contribution < -0.4 is 4.90 Å². The second-order valence-corrected chi connectivity index (χ2v) is 3.60. The van der Waals surface area contributed by atoms with E-state index in [4.69, 9.17) is 0 Å². The van der Waals surface area contributed by atoms with Gasteiger partial charge in [0.05, 0.1) is 16.3 Å². The molecular formula is C12H9N3O4. The maximum Gasteiger partial charge on any atom is 0.416 e. The van der Waals surface area contributed by atoms with Gasteiger partial charge in [-0.05, 0) is 24.3 Å². The third-order valence-corrected chi connectivity index (χ3v) is 2.43. The summed E-state index contributed by atoms with van der Waals surface area (Å²) >= 11 is 0. The molecule has 0 fully saturated rings. The summed E-state index contributed by atoms with van der Waals surface area (Å²) in [5, 5.41) is 19.8. The van der Waals surface area contributed by atoms with E-state index in [1.807, 2.05) is 0 Å². The Balaban J connectivity index is 2.40. The van der Waals surface area contributed by atoms with Gasteiger partial charge in [-0.3, -0.25) is 15.1 Å². The van der Waals surface area contributed by atoms with Crippen molar-refractivity contribution in [3.8, 4) is 0 Å². The molecule has 0 unspecified atom stereocenters. The van der Waals surface area contributed by atoms with Crippen molar-refractivity contribution >= 4 is 23.2 Å². The predicted molar refractivity (Wildman–Crippen MR) is 67.5 cm³/mol. The lowest BCUT2D eigenvalue weighted by atomic mass is 10.2. The molecule has 1 N–H and O–H groups in total. The Bertz CT molecular complexity index is 598. The third-order valence-electron chi connectivity index (χ3n) is 2.43. The van der Waals surface area contributed by atoms with E-state index < -0.39 is 11.0 Å². The molecule has 1 aromatic heterocycles. The largest absolute Gasteiger partial charge is 0.464 e. The number of carboxylic acid groups (broad SMARTS) is 1. The quantitative estimate of drug-likeness (QED) is 0.675. The fourth-order valence-electron chi connectivity index (χ4n) is 1.59. The number of nitrogens with zero attached hydrogens (tertiary/aromatic N) is 3. The minimum atomic E-state index is -1.18. The van der Waals surface area contributed by atoms with Crippen LogP contribution in [0.3, 0.4) is 0 Å². The van der Waals surface area contributed by atoms with Crippen LogP contribution in [0.4, 0.5) is 21.9 Å². The molecule has 1 amide bonds. The first-order chi connectivity index (χ1) is 9.09. The molecule has 96 valence electrons. The highest BCUT2D eigenvalue weighted by Crippen LogP contribution is 2.26. The number of rotatable bonds is 3. The van der Waals surface area contributed by atoms with Crippen LogP contribution in [0.2, 0.25) is 0 Å². The van der Waals surface area contributed by atoms with Crippen molar-refractivity contribution in [1.29, 1.82) is 0 Å². The number of hydrogen-bond donors (Lipinski definition) is 1. The van der Waals surface area contributed by atoms with Gasteiger partial charge in [-0.2, -0.15) is 0 Å². The van der Waals surface area contributed by atoms with Crippen LogP contribution in [0.5, 0.6) is 0 Å². The Labute approximate surface area is 107 Å². The zero-order valence-corrected chi connectivity index (χ0v) is 9.63. The lowest BCUT2D eigenvalue weighted by Gasteiger charge is -2.18. The van der Waals surface area contributed by atoms with Gasteiger partial charge in [0.1, 0.15) is 0 Å². The average molecular weight is 259 g/mol. The summed E-state index contributed by atoms with van der Waals surface area (Å²) in [4.78, 5) is 26.1. The Kier molecular flexibility index (Phi) is 3.37. The number of hydrogen-bond acceptors (Lipinski definition) is 4. The maximum atomic E-state index is 11.3. The number of non-ortho nitro benzene ring substituents is 1. The lowest BCUT2D eigenvalue weighted by molar-refractivity contribution is -0.384. The highest BCUT2D eigenvalue weighted by molar-refractivity contribution is 5.94. The standard InChI is InChI=1S/C12H9N3O4/c16-12(17)14(10-5-7-13-8-6-10)9-1-3-11(4-2-9)15(18)19/h1-8H,(H,16,17). The molecule has 0 aliphatic rings. The minimum absolute atomic E-state index is 0.0937. The highest BCUT2D eigenvalue weighted by Gasteiger charge is 2.17. The number of amides is 1. The number of nitro benzene ring substituents is 1. The SMILES string of the molecule is O=C(O)N(c1ccncc1)c1ccc([N+](=O)[O-])cc1. The molecule has 0 spiro atoms. The molecule has 0 saturated heterocycles. The third kappa shape index (κ3) is 2.65. The van der Waals surface area contributed by atoms with Crippen molar-refractivity contribution in [3.05, 3.63) is 58.9 Å². The van der Waals surface area contributed by atoms with Gasteiger partial charge >= 0.3 is 6.09 Å². The van der Waals surface area contributed by atoms with Crippen LogP contribution in [0.1, 0.15) is 0 Å². The zero-order chi connectivity index (χ0) is 13.8. The summed E-state index contributed by atoms with van der Waals surface area (Å²) in [5.41, 5.74) is 0.643. The van der Waals surface area contributed by atoms with E-state index in [1.165, 1.54) is 48.8 Å². The molecule has 0 saturated carbocycles. The van der Waals surface area contributed by atoms with Crippen molar-refractivity contribution in [1.82, 2.24) is 4.98 Å². The number of benzene rings is 1. The normalized spacial score (nSPS) is 9.89. The van der Waals surface area contributed by atoms with Crippen molar-refractivity contribution in [3.63, 3.8) is 0 Å². The van der Waals surface area contributed by atoms with E-state index in [0.717, 1.165) is 4.90 Å². The number of pyridine rings is 1. The fourth-order valence-corrected chi connectivity index (χ4v) is 1.59. The Morgan fingerprint density at radius 1 is 1.11 bits per heavy atom. The fraction of sp³-hybridized carbons (Fsp3) is 0. The smallest absolute Gasteiger partial charge is 0.416 e. The molecule has 0 atom stereocenters. The van der Waals surface area contributed by atoms with Gasteiger partial charge < -0.3 is 5.11 Å².